The highest BCUT2D eigenvalue weighted by molar-refractivity contribution is 6.04. The molecule has 0 aliphatic carbocycles. The highest BCUT2D eigenvalue weighted by atomic mass is 16.6. The third-order valence-electron chi connectivity index (χ3n) is 3.74. The standard InChI is InChI=1S/C17H24N4O3/c1-12(16(22)18-9-10-21(2)3)19-17(23)15-11-14(20-24-15)13-7-5-4-6-8-13/h4-8,12,15H,9-11H2,1-3H3,(H,18,22)(H,19,23)/p+1/t12-,15+/m0/s1. The maximum absolute atomic E-state index is 12.2. The Bertz CT molecular complexity index is 601. The van der Waals surface area contributed by atoms with Crippen LogP contribution < -0.4 is 15.5 Å². The molecule has 1 aromatic rings. The Hall–Kier alpha value is -2.41. The summed E-state index contributed by atoms with van der Waals surface area (Å²) in [6.07, 6.45) is -0.296. The van der Waals surface area contributed by atoms with E-state index < -0.39 is 12.1 Å². The number of hydrogen-bond acceptors (Lipinski definition) is 4. The first-order chi connectivity index (χ1) is 11.5. The van der Waals surface area contributed by atoms with Crippen LogP contribution in [0.25, 0.3) is 0 Å². The van der Waals surface area contributed by atoms with Crippen LogP contribution in [0.3, 0.4) is 0 Å². The largest absolute Gasteiger partial charge is 0.382 e. The smallest absolute Gasteiger partial charge is 0.264 e. The molecule has 0 unspecified atom stereocenters. The molecule has 7 nitrogen and oxygen atoms in total. The molecular weight excluding hydrogens is 308 g/mol. The van der Waals surface area contributed by atoms with Crippen molar-refractivity contribution < 1.29 is 19.3 Å². The molecule has 0 fully saturated rings. The predicted octanol–water partition coefficient (Wildman–Crippen LogP) is -1.05. The lowest BCUT2D eigenvalue weighted by molar-refractivity contribution is -0.856. The molecule has 1 aliphatic heterocycles. The molecule has 1 heterocycles. The lowest BCUT2D eigenvalue weighted by atomic mass is 10.0. The third-order valence-corrected chi connectivity index (χ3v) is 3.74. The summed E-state index contributed by atoms with van der Waals surface area (Å²) in [6.45, 7) is 3.05. The molecule has 0 saturated heterocycles. The van der Waals surface area contributed by atoms with E-state index in [-0.39, 0.29) is 11.8 Å². The first-order valence-electron chi connectivity index (χ1n) is 8.12. The number of rotatable bonds is 7. The molecule has 130 valence electrons. The van der Waals surface area contributed by atoms with E-state index in [9.17, 15) is 9.59 Å². The van der Waals surface area contributed by atoms with Gasteiger partial charge in [-0.3, -0.25) is 9.59 Å². The summed E-state index contributed by atoms with van der Waals surface area (Å²) in [5.74, 6) is -0.530. The quantitative estimate of drug-likeness (QED) is 0.595. The normalized spacial score (nSPS) is 17.8. The van der Waals surface area contributed by atoms with Gasteiger partial charge in [-0.15, -0.1) is 0 Å². The molecule has 24 heavy (non-hydrogen) atoms. The Balaban J connectivity index is 1.78. The van der Waals surface area contributed by atoms with Gasteiger partial charge in [-0.05, 0) is 12.5 Å². The monoisotopic (exact) mass is 333 g/mol. The third kappa shape index (κ3) is 5.06. The number of nitrogens with one attached hydrogen (secondary N) is 3. The lowest BCUT2D eigenvalue weighted by Crippen LogP contribution is -3.06. The average Bonchev–Trinajstić information content (AvgIpc) is 3.05. The molecule has 0 radical (unpaired) electrons. The Kier molecular flexibility index (Phi) is 6.31. The highest BCUT2D eigenvalue weighted by Gasteiger charge is 2.30. The summed E-state index contributed by atoms with van der Waals surface area (Å²) in [7, 11) is 4.03. The fourth-order valence-corrected chi connectivity index (χ4v) is 2.28. The summed E-state index contributed by atoms with van der Waals surface area (Å²) in [5, 5.41) is 9.46. The summed E-state index contributed by atoms with van der Waals surface area (Å²) < 4.78 is 0. The fourth-order valence-electron chi connectivity index (χ4n) is 2.28. The van der Waals surface area contributed by atoms with E-state index >= 15 is 0 Å². The van der Waals surface area contributed by atoms with Gasteiger partial charge < -0.3 is 20.4 Å². The van der Waals surface area contributed by atoms with Crippen LogP contribution in [0, 0.1) is 0 Å². The van der Waals surface area contributed by atoms with Crippen molar-refractivity contribution in [3.8, 4) is 0 Å². The number of amides is 2. The first-order valence-corrected chi connectivity index (χ1v) is 8.12. The first kappa shape index (κ1) is 17.9. The molecule has 0 bridgehead atoms. The van der Waals surface area contributed by atoms with Crippen molar-refractivity contribution in [3.05, 3.63) is 35.9 Å². The molecule has 0 saturated carbocycles. The number of oxime groups is 1. The van der Waals surface area contributed by atoms with Crippen LogP contribution in [-0.2, 0) is 14.4 Å². The van der Waals surface area contributed by atoms with E-state index in [1.54, 1.807) is 6.92 Å². The van der Waals surface area contributed by atoms with E-state index in [0.29, 0.717) is 13.0 Å². The van der Waals surface area contributed by atoms with Gasteiger partial charge in [0.15, 0.2) is 0 Å². The second-order valence-corrected chi connectivity index (χ2v) is 6.18. The van der Waals surface area contributed by atoms with Gasteiger partial charge in [-0.25, -0.2) is 0 Å². The molecule has 2 rings (SSSR count). The van der Waals surface area contributed by atoms with Crippen LogP contribution in [0.1, 0.15) is 18.9 Å². The number of quaternary nitrogens is 1. The minimum Gasteiger partial charge on any atom is -0.382 e. The zero-order valence-corrected chi connectivity index (χ0v) is 14.3. The van der Waals surface area contributed by atoms with Crippen LogP contribution >= 0.6 is 0 Å². The minimum atomic E-state index is -0.693. The van der Waals surface area contributed by atoms with Crippen LogP contribution in [0.15, 0.2) is 35.5 Å². The summed E-state index contributed by atoms with van der Waals surface area (Å²) in [4.78, 5) is 30.6. The average molecular weight is 333 g/mol. The zero-order valence-electron chi connectivity index (χ0n) is 14.3. The number of carbonyl (C=O) groups is 2. The molecule has 2 amide bonds. The van der Waals surface area contributed by atoms with Gasteiger partial charge in [0.2, 0.25) is 12.0 Å². The zero-order chi connectivity index (χ0) is 17.5. The molecule has 1 aliphatic rings. The molecule has 7 heteroatoms. The summed E-state index contributed by atoms with van der Waals surface area (Å²) in [5.41, 5.74) is 1.67. The van der Waals surface area contributed by atoms with E-state index in [2.05, 4.69) is 15.8 Å². The van der Waals surface area contributed by atoms with Crippen LogP contribution in [0.5, 0.6) is 0 Å². The predicted molar refractivity (Wildman–Crippen MR) is 90.8 cm³/mol. The van der Waals surface area contributed by atoms with Gasteiger partial charge in [0.1, 0.15) is 6.04 Å². The van der Waals surface area contributed by atoms with Crippen molar-refractivity contribution in [1.29, 1.82) is 0 Å². The highest BCUT2D eigenvalue weighted by Crippen LogP contribution is 2.16. The van der Waals surface area contributed by atoms with Crippen molar-refractivity contribution in [2.24, 2.45) is 5.16 Å². The van der Waals surface area contributed by atoms with E-state index in [0.717, 1.165) is 17.8 Å². The maximum atomic E-state index is 12.2. The van der Waals surface area contributed by atoms with Gasteiger partial charge in [-0.1, -0.05) is 35.5 Å². The van der Waals surface area contributed by atoms with E-state index in [1.165, 1.54) is 4.90 Å². The van der Waals surface area contributed by atoms with Crippen molar-refractivity contribution in [2.45, 2.75) is 25.5 Å². The topological polar surface area (TPSA) is 84.2 Å². The fraction of sp³-hybridized carbons (Fsp3) is 0.471. The summed E-state index contributed by atoms with van der Waals surface area (Å²) >= 11 is 0. The molecule has 0 aromatic heterocycles. The van der Waals surface area contributed by atoms with Crippen molar-refractivity contribution in [3.63, 3.8) is 0 Å². The molecule has 1 aromatic carbocycles. The maximum Gasteiger partial charge on any atom is 0.264 e. The number of nitrogens with zero attached hydrogens (tertiary/aromatic N) is 1. The Labute approximate surface area is 142 Å². The number of benzene rings is 1. The molecular formula is C17H25N4O3+. The second-order valence-electron chi connectivity index (χ2n) is 6.18. The Morgan fingerprint density at radius 2 is 2.04 bits per heavy atom. The Morgan fingerprint density at radius 1 is 1.33 bits per heavy atom. The van der Waals surface area contributed by atoms with Crippen molar-refractivity contribution >= 4 is 17.5 Å². The summed E-state index contributed by atoms with van der Waals surface area (Å²) in [6, 6.07) is 8.97. The van der Waals surface area contributed by atoms with E-state index in [1.807, 2.05) is 44.4 Å². The molecule has 2 atom stereocenters. The van der Waals surface area contributed by atoms with Crippen molar-refractivity contribution in [2.75, 3.05) is 27.2 Å². The van der Waals surface area contributed by atoms with Crippen molar-refractivity contribution in [1.82, 2.24) is 10.6 Å². The Morgan fingerprint density at radius 3 is 2.71 bits per heavy atom. The number of likely N-dealkylation sites (N-methyl/N-ethyl adjacent to an activating group) is 1. The molecule has 0 spiro atoms. The number of hydrogen-bond donors (Lipinski definition) is 3. The van der Waals surface area contributed by atoms with Crippen LogP contribution in [0.4, 0.5) is 0 Å². The lowest BCUT2D eigenvalue weighted by Gasteiger charge is -2.16. The van der Waals surface area contributed by atoms with E-state index in [4.69, 9.17) is 4.84 Å². The second kappa shape index (κ2) is 8.44. The van der Waals surface area contributed by atoms with Gasteiger partial charge in [-0.2, -0.15) is 0 Å². The van der Waals surface area contributed by atoms with Gasteiger partial charge in [0.05, 0.1) is 32.9 Å². The van der Waals surface area contributed by atoms with Gasteiger partial charge >= 0.3 is 0 Å². The number of carbonyl (C=O) groups excluding carboxylic acids is 2. The SMILES string of the molecule is C[C@H](NC(=O)[C@H]1CC(c2ccccc2)=NO1)C(=O)NCC[NH+](C)C. The van der Waals surface area contributed by atoms with Crippen LogP contribution in [-0.4, -0.2) is 56.9 Å². The van der Waals surface area contributed by atoms with Gasteiger partial charge in [0.25, 0.3) is 5.91 Å². The van der Waals surface area contributed by atoms with Crippen LogP contribution in [0.2, 0.25) is 0 Å². The van der Waals surface area contributed by atoms with Gasteiger partial charge in [0, 0.05) is 6.42 Å². The molecule has 3 N–H and O–H groups in total. The minimum absolute atomic E-state index is 0.202.